The maximum Gasteiger partial charge on any atom is 0.323 e. The van der Waals surface area contributed by atoms with Crippen molar-refractivity contribution < 1.29 is 18.1 Å². The van der Waals surface area contributed by atoms with Crippen LogP contribution in [0.4, 0.5) is 17.1 Å². The number of nitrogens with zero attached hydrogens (tertiary/aromatic N) is 2. The Hall–Kier alpha value is -3.70. The molecule has 142 valence electrons. The zero-order chi connectivity index (χ0) is 20.1. The number of azo groups is 1. The van der Waals surface area contributed by atoms with Crippen LogP contribution < -0.4 is 11.4 Å². The fourth-order valence-corrected chi connectivity index (χ4v) is 3.51. The Bertz CT molecular complexity index is 1440. The van der Waals surface area contributed by atoms with Crippen LogP contribution in [0, 0.1) is 0 Å². The molecule has 6 N–H and O–H groups in total. The summed E-state index contributed by atoms with van der Waals surface area (Å²) in [6, 6.07) is 10.3. The van der Waals surface area contributed by atoms with Gasteiger partial charge in [0.15, 0.2) is 5.75 Å². The monoisotopic (exact) mass is 399 g/mol. The first kappa shape index (κ1) is 17.7. The molecule has 0 aliphatic carbocycles. The Kier molecular flexibility index (Phi) is 3.91. The second kappa shape index (κ2) is 6.18. The number of H-pyrrole nitrogens is 2. The van der Waals surface area contributed by atoms with Crippen LogP contribution in [-0.2, 0) is 10.1 Å². The summed E-state index contributed by atoms with van der Waals surface area (Å²) in [5.41, 5.74) is 6.59. The Morgan fingerprint density at radius 3 is 2.46 bits per heavy atom. The summed E-state index contributed by atoms with van der Waals surface area (Å²) in [5, 5.41) is 18.9. The molecule has 0 fully saturated rings. The van der Waals surface area contributed by atoms with E-state index in [0.717, 1.165) is 6.07 Å². The van der Waals surface area contributed by atoms with E-state index < -0.39 is 26.5 Å². The van der Waals surface area contributed by atoms with Crippen molar-refractivity contribution in [2.24, 2.45) is 10.2 Å². The summed E-state index contributed by atoms with van der Waals surface area (Å²) < 4.78 is 33.1. The molecule has 1 heterocycles. The molecule has 0 bridgehead atoms. The minimum atomic E-state index is -4.70. The lowest BCUT2D eigenvalue weighted by Gasteiger charge is -2.09. The van der Waals surface area contributed by atoms with Crippen LogP contribution in [0.2, 0.25) is 0 Å². The van der Waals surface area contributed by atoms with E-state index in [9.17, 15) is 22.9 Å². The number of hydrogen-bond acceptors (Lipinski definition) is 7. The minimum Gasteiger partial charge on any atom is -0.505 e. The highest BCUT2D eigenvalue weighted by Gasteiger charge is 2.22. The number of benzene rings is 3. The zero-order valence-electron chi connectivity index (χ0n) is 14.0. The highest BCUT2D eigenvalue weighted by Crippen LogP contribution is 2.41. The number of phenols is 1. The van der Waals surface area contributed by atoms with Gasteiger partial charge in [0.25, 0.3) is 10.1 Å². The number of phenolic OH excluding ortho intramolecular Hbond substituents is 1. The molecule has 0 aliphatic rings. The van der Waals surface area contributed by atoms with Gasteiger partial charge in [0.2, 0.25) is 0 Å². The van der Waals surface area contributed by atoms with Crippen LogP contribution in [0.3, 0.4) is 0 Å². The number of nitrogen functional groups attached to an aromatic ring is 1. The Balaban J connectivity index is 1.90. The third-order valence-corrected chi connectivity index (χ3v) is 4.98. The van der Waals surface area contributed by atoms with Gasteiger partial charge in [-0.2, -0.15) is 13.5 Å². The van der Waals surface area contributed by atoms with Gasteiger partial charge in [-0.05, 0) is 47.9 Å². The van der Waals surface area contributed by atoms with Crippen LogP contribution in [0.1, 0.15) is 0 Å². The average molecular weight is 399 g/mol. The van der Waals surface area contributed by atoms with Crippen LogP contribution in [0.15, 0.2) is 62.4 Å². The fraction of sp³-hybridized carbons (Fsp3) is 0. The third-order valence-electron chi connectivity index (χ3n) is 4.12. The lowest BCUT2D eigenvalue weighted by Crippen LogP contribution is -1.99. The number of rotatable bonds is 3. The largest absolute Gasteiger partial charge is 0.505 e. The number of imidazole rings is 1. The van der Waals surface area contributed by atoms with Crippen molar-refractivity contribution in [3.8, 4) is 5.75 Å². The minimum absolute atomic E-state index is 0.292. The van der Waals surface area contributed by atoms with Crippen molar-refractivity contribution in [1.29, 1.82) is 0 Å². The summed E-state index contributed by atoms with van der Waals surface area (Å²) >= 11 is 0. The number of aromatic nitrogens is 2. The van der Waals surface area contributed by atoms with Crippen molar-refractivity contribution in [2.75, 3.05) is 5.73 Å². The number of hydrogen-bond donors (Lipinski definition) is 5. The molecule has 1 aromatic heterocycles. The molecule has 10 nitrogen and oxygen atoms in total. The second-order valence-corrected chi connectivity index (χ2v) is 7.43. The molecule has 28 heavy (non-hydrogen) atoms. The molecule has 0 atom stereocenters. The molecule has 4 aromatic rings. The Morgan fingerprint density at radius 2 is 1.71 bits per heavy atom. The Morgan fingerprint density at radius 1 is 0.964 bits per heavy atom. The molecule has 0 unspecified atom stereocenters. The Labute approximate surface area is 157 Å². The highest BCUT2D eigenvalue weighted by atomic mass is 32.2. The van der Waals surface area contributed by atoms with Gasteiger partial charge in [0, 0.05) is 11.1 Å². The number of aromatic amines is 2. The van der Waals surface area contributed by atoms with Crippen molar-refractivity contribution >= 4 is 49.0 Å². The van der Waals surface area contributed by atoms with Crippen LogP contribution >= 0.6 is 0 Å². The highest BCUT2D eigenvalue weighted by molar-refractivity contribution is 7.86. The van der Waals surface area contributed by atoms with Crippen LogP contribution in [0.25, 0.3) is 21.8 Å². The molecule has 11 heteroatoms. The first-order chi connectivity index (χ1) is 13.2. The number of fused-ring (bicyclic) bond motifs is 2. The topological polar surface area (TPSA) is 174 Å². The molecule has 3 aromatic carbocycles. The van der Waals surface area contributed by atoms with E-state index in [1.807, 2.05) is 0 Å². The average Bonchev–Trinajstić information content (AvgIpc) is 2.99. The summed E-state index contributed by atoms with van der Waals surface area (Å²) in [5.74, 6) is -0.468. The van der Waals surface area contributed by atoms with Crippen molar-refractivity contribution in [3.63, 3.8) is 0 Å². The van der Waals surface area contributed by atoms with Gasteiger partial charge in [0.1, 0.15) is 10.6 Å². The van der Waals surface area contributed by atoms with Gasteiger partial charge in [-0.3, -0.25) is 4.55 Å². The number of nitrogens with one attached hydrogen (secondary N) is 2. The van der Waals surface area contributed by atoms with E-state index in [4.69, 9.17) is 5.73 Å². The van der Waals surface area contributed by atoms with E-state index in [-0.39, 0.29) is 5.69 Å². The molecule has 4 rings (SSSR count). The van der Waals surface area contributed by atoms with Crippen molar-refractivity contribution in [1.82, 2.24) is 9.97 Å². The maximum atomic E-state index is 11.8. The SMILES string of the molecule is Nc1ccc2c(O)c(N=Nc3ccc4[nH]c(=O)[nH]c4c3)c(S(=O)(=O)O)cc2c1. The van der Waals surface area contributed by atoms with Gasteiger partial charge in [0.05, 0.1) is 16.7 Å². The second-order valence-electron chi connectivity index (χ2n) is 6.04. The zero-order valence-corrected chi connectivity index (χ0v) is 14.9. The fourth-order valence-electron chi connectivity index (χ4n) is 2.85. The van der Waals surface area contributed by atoms with E-state index in [2.05, 4.69) is 20.2 Å². The van der Waals surface area contributed by atoms with E-state index in [1.54, 1.807) is 12.1 Å². The molecular formula is C17H13N5O5S. The predicted molar refractivity (Wildman–Crippen MR) is 103 cm³/mol. The number of anilines is 1. The maximum absolute atomic E-state index is 11.8. The number of aromatic hydroxyl groups is 1. The van der Waals surface area contributed by atoms with Crippen LogP contribution in [-0.4, -0.2) is 28.0 Å². The summed E-state index contributed by atoms with van der Waals surface area (Å²) in [6.07, 6.45) is 0. The molecule has 0 spiro atoms. The molecule has 0 saturated heterocycles. The van der Waals surface area contributed by atoms with Gasteiger partial charge in [-0.25, -0.2) is 4.79 Å². The smallest absolute Gasteiger partial charge is 0.323 e. The van der Waals surface area contributed by atoms with Crippen molar-refractivity contribution in [2.45, 2.75) is 4.90 Å². The summed E-state index contributed by atoms with van der Waals surface area (Å²) in [7, 11) is -4.70. The molecule has 0 amide bonds. The van der Waals surface area contributed by atoms with Crippen molar-refractivity contribution in [3.05, 3.63) is 52.9 Å². The first-order valence-corrected chi connectivity index (χ1v) is 9.33. The molecule has 0 aliphatic heterocycles. The summed E-state index contributed by atoms with van der Waals surface area (Å²) in [6.45, 7) is 0. The van der Waals surface area contributed by atoms with E-state index >= 15 is 0 Å². The molecule has 0 saturated carbocycles. The van der Waals surface area contributed by atoms with E-state index in [1.165, 1.54) is 24.3 Å². The third kappa shape index (κ3) is 3.08. The molecule has 0 radical (unpaired) electrons. The normalized spacial score (nSPS) is 12.3. The lowest BCUT2D eigenvalue weighted by atomic mass is 10.1. The standard InChI is InChI=1S/C17H13N5O5S/c18-9-1-3-11-8(5-9)6-14(28(25,26)27)15(16(11)23)22-21-10-2-4-12-13(7-10)20-17(24)19-12/h1-7,23H,18H2,(H2,19,20,24)(H,25,26,27). The quantitative estimate of drug-likeness (QED) is 0.201. The van der Waals surface area contributed by atoms with Gasteiger partial charge < -0.3 is 20.8 Å². The van der Waals surface area contributed by atoms with E-state index in [0.29, 0.717) is 33.2 Å². The first-order valence-electron chi connectivity index (χ1n) is 7.89. The summed E-state index contributed by atoms with van der Waals surface area (Å²) in [4.78, 5) is 15.9. The number of nitrogens with two attached hydrogens (primary N) is 1. The van der Waals surface area contributed by atoms with Gasteiger partial charge in [-0.1, -0.05) is 0 Å². The predicted octanol–water partition coefficient (Wildman–Crippen LogP) is 2.96. The lowest BCUT2D eigenvalue weighted by molar-refractivity contribution is 0.472. The van der Waals surface area contributed by atoms with Gasteiger partial charge in [-0.15, -0.1) is 5.11 Å². The van der Waals surface area contributed by atoms with Crippen LogP contribution in [0.5, 0.6) is 5.75 Å². The van der Waals surface area contributed by atoms with Gasteiger partial charge >= 0.3 is 5.69 Å². The molecular weight excluding hydrogens is 386 g/mol.